The molecule has 0 aromatic heterocycles. The molecule has 1 unspecified atom stereocenters. The van der Waals surface area contributed by atoms with Gasteiger partial charge in [0.1, 0.15) is 0 Å². The summed E-state index contributed by atoms with van der Waals surface area (Å²) in [6, 6.07) is 0. The number of hydrogen-bond acceptors (Lipinski definition) is 3. The highest BCUT2D eigenvalue weighted by atomic mass is 16.5. The van der Waals surface area contributed by atoms with Gasteiger partial charge < -0.3 is 15.0 Å². The Morgan fingerprint density at radius 1 is 1.11 bits per heavy atom. The van der Waals surface area contributed by atoms with Gasteiger partial charge in [-0.3, -0.25) is 0 Å². The Balaban J connectivity index is 3.34. The van der Waals surface area contributed by atoms with Gasteiger partial charge in [-0.2, -0.15) is 0 Å². The zero-order chi connectivity index (χ0) is 13.6. The first-order chi connectivity index (χ1) is 8.74. The minimum atomic E-state index is 0.816. The van der Waals surface area contributed by atoms with E-state index in [1.165, 1.54) is 32.4 Å². The van der Waals surface area contributed by atoms with Crippen molar-refractivity contribution in [1.29, 1.82) is 0 Å². The molecule has 0 aliphatic carbocycles. The number of ether oxygens (including phenoxy) is 1. The molecule has 1 atom stereocenters. The van der Waals surface area contributed by atoms with Crippen LogP contribution in [0.25, 0.3) is 0 Å². The highest BCUT2D eigenvalue weighted by molar-refractivity contribution is 4.62. The Morgan fingerprint density at radius 2 is 1.89 bits per heavy atom. The van der Waals surface area contributed by atoms with E-state index in [4.69, 9.17) is 4.74 Å². The van der Waals surface area contributed by atoms with Gasteiger partial charge in [-0.25, -0.2) is 0 Å². The molecule has 0 aliphatic heterocycles. The van der Waals surface area contributed by atoms with Gasteiger partial charge in [0.25, 0.3) is 0 Å². The van der Waals surface area contributed by atoms with Gasteiger partial charge in [0, 0.05) is 32.8 Å². The van der Waals surface area contributed by atoms with Crippen LogP contribution in [0.3, 0.4) is 0 Å². The van der Waals surface area contributed by atoms with Crippen molar-refractivity contribution in [3.05, 3.63) is 0 Å². The van der Waals surface area contributed by atoms with Gasteiger partial charge in [0.15, 0.2) is 0 Å². The number of unbranched alkanes of at least 4 members (excludes halogenated alkanes) is 1. The summed E-state index contributed by atoms with van der Waals surface area (Å²) in [5.41, 5.74) is 0. The van der Waals surface area contributed by atoms with Crippen molar-refractivity contribution in [2.45, 2.75) is 47.0 Å². The van der Waals surface area contributed by atoms with Crippen molar-refractivity contribution < 1.29 is 4.74 Å². The summed E-state index contributed by atoms with van der Waals surface area (Å²) >= 11 is 0. The maximum Gasteiger partial charge on any atom is 0.0466 e. The van der Waals surface area contributed by atoms with E-state index in [1.807, 2.05) is 0 Å². The molecule has 0 bridgehead atoms. The quantitative estimate of drug-likeness (QED) is 0.514. The molecule has 0 spiro atoms. The Kier molecular flexibility index (Phi) is 13.2. The Morgan fingerprint density at radius 3 is 2.50 bits per heavy atom. The SMILES string of the molecule is CCOCCCCNCCN(CC)CC(C)CC. The fraction of sp³-hybridized carbons (Fsp3) is 1.00. The molecule has 18 heavy (non-hydrogen) atoms. The summed E-state index contributed by atoms with van der Waals surface area (Å²) in [6.45, 7) is 16.5. The minimum absolute atomic E-state index is 0.816. The monoisotopic (exact) mass is 258 g/mol. The number of likely N-dealkylation sites (N-methyl/N-ethyl adjacent to an activating group) is 1. The van der Waals surface area contributed by atoms with Crippen LogP contribution in [0.5, 0.6) is 0 Å². The average molecular weight is 258 g/mol. The molecular weight excluding hydrogens is 224 g/mol. The summed E-state index contributed by atoms with van der Waals surface area (Å²) < 4.78 is 5.32. The summed E-state index contributed by atoms with van der Waals surface area (Å²) in [4.78, 5) is 2.54. The molecular formula is C15H34N2O. The first-order valence-corrected chi connectivity index (χ1v) is 7.75. The van der Waals surface area contributed by atoms with Gasteiger partial charge in [0.2, 0.25) is 0 Å². The molecule has 3 nitrogen and oxygen atoms in total. The average Bonchev–Trinajstić information content (AvgIpc) is 2.40. The summed E-state index contributed by atoms with van der Waals surface area (Å²) in [5, 5.41) is 3.52. The largest absolute Gasteiger partial charge is 0.382 e. The molecule has 0 radical (unpaired) electrons. The second kappa shape index (κ2) is 13.3. The molecule has 1 N–H and O–H groups in total. The van der Waals surface area contributed by atoms with E-state index in [2.05, 4.69) is 37.9 Å². The van der Waals surface area contributed by atoms with Gasteiger partial charge in [-0.15, -0.1) is 0 Å². The van der Waals surface area contributed by atoms with Crippen molar-refractivity contribution in [3.63, 3.8) is 0 Å². The zero-order valence-electron chi connectivity index (χ0n) is 13.0. The van der Waals surface area contributed by atoms with Gasteiger partial charge in [0.05, 0.1) is 0 Å². The van der Waals surface area contributed by atoms with E-state index in [0.29, 0.717) is 0 Å². The van der Waals surface area contributed by atoms with E-state index in [-0.39, 0.29) is 0 Å². The second-order valence-corrected chi connectivity index (χ2v) is 5.06. The number of hydrogen-bond donors (Lipinski definition) is 1. The smallest absolute Gasteiger partial charge is 0.0466 e. The van der Waals surface area contributed by atoms with E-state index < -0.39 is 0 Å². The fourth-order valence-corrected chi connectivity index (χ4v) is 1.91. The molecule has 0 heterocycles. The first kappa shape index (κ1) is 17.9. The van der Waals surface area contributed by atoms with E-state index >= 15 is 0 Å². The van der Waals surface area contributed by atoms with Gasteiger partial charge in [-0.1, -0.05) is 27.2 Å². The lowest BCUT2D eigenvalue weighted by Gasteiger charge is -2.23. The Labute approximate surface area is 114 Å². The molecule has 0 aliphatic rings. The molecule has 0 amide bonds. The number of rotatable bonds is 13. The highest BCUT2D eigenvalue weighted by Gasteiger charge is 2.06. The minimum Gasteiger partial charge on any atom is -0.382 e. The highest BCUT2D eigenvalue weighted by Crippen LogP contribution is 2.03. The van der Waals surface area contributed by atoms with Crippen LogP contribution in [-0.4, -0.2) is 50.8 Å². The molecule has 0 aromatic carbocycles. The van der Waals surface area contributed by atoms with Crippen molar-refractivity contribution >= 4 is 0 Å². The second-order valence-electron chi connectivity index (χ2n) is 5.06. The topological polar surface area (TPSA) is 24.5 Å². The molecule has 110 valence electrons. The van der Waals surface area contributed by atoms with E-state index in [9.17, 15) is 0 Å². The van der Waals surface area contributed by atoms with E-state index in [0.717, 1.165) is 38.8 Å². The summed E-state index contributed by atoms with van der Waals surface area (Å²) in [6.07, 6.45) is 3.67. The molecule has 0 saturated heterocycles. The lowest BCUT2D eigenvalue weighted by molar-refractivity contribution is 0.143. The van der Waals surface area contributed by atoms with Crippen LogP contribution >= 0.6 is 0 Å². The van der Waals surface area contributed by atoms with Crippen molar-refractivity contribution in [2.75, 3.05) is 45.9 Å². The van der Waals surface area contributed by atoms with Crippen LogP contribution in [0.15, 0.2) is 0 Å². The summed E-state index contributed by atoms with van der Waals surface area (Å²) in [7, 11) is 0. The van der Waals surface area contributed by atoms with Gasteiger partial charge >= 0.3 is 0 Å². The standard InChI is InChI=1S/C15H34N2O/c1-5-15(4)14-17(6-2)12-11-16-10-8-9-13-18-7-3/h15-16H,5-14H2,1-4H3. The third kappa shape index (κ3) is 11.0. The molecule has 3 heteroatoms. The summed E-state index contributed by atoms with van der Waals surface area (Å²) in [5.74, 6) is 0.816. The van der Waals surface area contributed by atoms with Crippen LogP contribution in [-0.2, 0) is 4.74 Å². The fourth-order valence-electron chi connectivity index (χ4n) is 1.91. The Hall–Kier alpha value is -0.120. The van der Waals surface area contributed by atoms with Crippen molar-refractivity contribution in [3.8, 4) is 0 Å². The van der Waals surface area contributed by atoms with Crippen molar-refractivity contribution in [1.82, 2.24) is 10.2 Å². The molecule has 0 saturated carbocycles. The molecule has 0 fully saturated rings. The van der Waals surface area contributed by atoms with Crippen molar-refractivity contribution in [2.24, 2.45) is 5.92 Å². The predicted octanol–water partition coefficient (Wildman–Crippen LogP) is 2.76. The number of nitrogens with one attached hydrogen (secondary N) is 1. The molecule has 0 rings (SSSR count). The van der Waals surface area contributed by atoms with Gasteiger partial charge in [-0.05, 0) is 38.8 Å². The maximum atomic E-state index is 5.32. The Bertz CT molecular complexity index is 165. The zero-order valence-corrected chi connectivity index (χ0v) is 13.0. The normalized spacial score (nSPS) is 13.2. The van der Waals surface area contributed by atoms with Crippen LogP contribution in [0, 0.1) is 5.92 Å². The third-order valence-electron chi connectivity index (χ3n) is 3.42. The first-order valence-electron chi connectivity index (χ1n) is 7.75. The van der Waals surface area contributed by atoms with Crippen LogP contribution < -0.4 is 5.32 Å². The van der Waals surface area contributed by atoms with Crippen LogP contribution in [0.1, 0.15) is 47.0 Å². The van der Waals surface area contributed by atoms with Crippen LogP contribution in [0.2, 0.25) is 0 Å². The number of nitrogens with zero attached hydrogens (tertiary/aromatic N) is 1. The third-order valence-corrected chi connectivity index (χ3v) is 3.42. The predicted molar refractivity (Wildman–Crippen MR) is 80.2 cm³/mol. The lowest BCUT2D eigenvalue weighted by atomic mass is 10.1. The lowest BCUT2D eigenvalue weighted by Crippen LogP contribution is -2.35. The van der Waals surface area contributed by atoms with Crippen LogP contribution in [0.4, 0.5) is 0 Å². The molecule has 0 aromatic rings. The van der Waals surface area contributed by atoms with E-state index in [1.54, 1.807) is 0 Å². The maximum absolute atomic E-state index is 5.32.